The van der Waals surface area contributed by atoms with Gasteiger partial charge in [-0.3, -0.25) is 9.59 Å². The van der Waals surface area contributed by atoms with Crippen LogP contribution in [0.1, 0.15) is 38.5 Å². The first-order chi connectivity index (χ1) is 10.5. The van der Waals surface area contributed by atoms with E-state index in [1.54, 1.807) is 0 Å². The molecule has 0 aliphatic rings. The molecule has 0 aliphatic carbocycles. The first-order valence-electron chi connectivity index (χ1n) is 7.93. The van der Waals surface area contributed by atoms with Crippen LogP contribution < -0.4 is 33.6 Å². The highest BCUT2D eigenvalue weighted by Gasteiger charge is 2.15. The molecule has 0 aromatic heterocycles. The zero-order valence-electron chi connectivity index (χ0n) is 13.3. The molecule has 0 spiro atoms. The average molecular weight is 315 g/mol. The van der Waals surface area contributed by atoms with Gasteiger partial charge in [-0.25, -0.2) is 5.32 Å². The summed E-state index contributed by atoms with van der Waals surface area (Å²) in [6.45, 7) is 1.69. The van der Waals surface area contributed by atoms with Gasteiger partial charge < -0.3 is 28.3 Å². The van der Waals surface area contributed by atoms with Gasteiger partial charge in [0, 0.05) is 6.54 Å². The van der Waals surface area contributed by atoms with Crippen molar-refractivity contribution in [2.45, 2.75) is 50.6 Å². The third kappa shape index (κ3) is 10.5. The number of amides is 2. The van der Waals surface area contributed by atoms with E-state index < -0.39 is 12.1 Å². The molecule has 2 unspecified atom stereocenters. The predicted molar refractivity (Wildman–Crippen MR) is 86.8 cm³/mol. The lowest BCUT2D eigenvalue weighted by molar-refractivity contribution is -0.124. The number of nitrogens with zero attached hydrogens (tertiary/aromatic N) is 1. The summed E-state index contributed by atoms with van der Waals surface area (Å²) in [5, 5.41) is 6.50. The summed E-state index contributed by atoms with van der Waals surface area (Å²) in [5.41, 5.74) is 22.2. The Hall–Kier alpha value is -1.22. The highest BCUT2D eigenvalue weighted by atomic mass is 16.2. The number of carbonyl (C=O) groups excluding carboxylic acids is 2. The topological polar surface area (TPSA) is 164 Å². The Labute approximate surface area is 132 Å². The standard InChI is InChI=1S/C14H31N6O2/c15-7-3-1-5-11(17)13(21)19-9-10-20-14(22)12(18)6-2-4-8-16/h11-12H,1-10,15-18H2,(H,19,21). The van der Waals surface area contributed by atoms with Gasteiger partial charge in [-0.1, -0.05) is 12.8 Å². The number of nitrogens with one attached hydrogen (secondary N) is 1. The van der Waals surface area contributed by atoms with Crippen molar-refractivity contribution in [2.24, 2.45) is 22.9 Å². The summed E-state index contributed by atoms with van der Waals surface area (Å²) < 4.78 is 0. The van der Waals surface area contributed by atoms with Crippen molar-refractivity contribution in [3.63, 3.8) is 0 Å². The molecule has 2 amide bonds. The van der Waals surface area contributed by atoms with Gasteiger partial charge in [0.05, 0.1) is 18.6 Å². The summed E-state index contributed by atoms with van der Waals surface area (Å²) in [6, 6.07) is -1.12. The minimum atomic E-state index is -0.583. The zero-order valence-corrected chi connectivity index (χ0v) is 13.3. The fourth-order valence-electron chi connectivity index (χ4n) is 1.87. The van der Waals surface area contributed by atoms with Crippen LogP contribution in [0.5, 0.6) is 0 Å². The lowest BCUT2D eigenvalue weighted by Crippen LogP contribution is -2.44. The van der Waals surface area contributed by atoms with E-state index in [0.717, 1.165) is 25.7 Å². The van der Waals surface area contributed by atoms with E-state index >= 15 is 0 Å². The summed E-state index contributed by atoms with van der Waals surface area (Å²) in [7, 11) is 0. The Bertz CT molecular complexity index is 284. The van der Waals surface area contributed by atoms with Gasteiger partial charge in [0.25, 0.3) is 5.91 Å². The minimum absolute atomic E-state index is 0.213. The van der Waals surface area contributed by atoms with E-state index in [9.17, 15) is 9.59 Å². The maximum Gasteiger partial charge on any atom is 0.258 e. The van der Waals surface area contributed by atoms with Crippen molar-refractivity contribution in [2.75, 3.05) is 26.2 Å². The maximum absolute atomic E-state index is 11.7. The molecule has 0 aromatic carbocycles. The normalized spacial score (nSPS) is 13.5. The fraction of sp³-hybridized carbons (Fsp3) is 0.857. The summed E-state index contributed by atoms with van der Waals surface area (Å²) in [4.78, 5) is 23.3. The maximum atomic E-state index is 11.7. The van der Waals surface area contributed by atoms with Gasteiger partial charge in [0.15, 0.2) is 0 Å². The molecule has 8 heteroatoms. The number of rotatable bonds is 13. The number of hydrogen-bond acceptors (Lipinski definition) is 6. The average Bonchev–Trinajstić information content (AvgIpc) is 2.51. The third-order valence-corrected chi connectivity index (χ3v) is 3.27. The van der Waals surface area contributed by atoms with Crippen LogP contribution in [0, 0.1) is 0 Å². The monoisotopic (exact) mass is 315 g/mol. The largest absolute Gasteiger partial charge is 0.353 e. The highest BCUT2D eigenvalue weighted by molar-refractivity contribution is 5.82. The van der Waals surface area contributed by atoms with Crippen LogP contribution in [0.15, 0.2) is 0 Å². The van der Waals surface area contributed by atoms with E-state index in [1.807, 2.05) is 0 Å². The van der Waals surface area contributed by atoms with E-state index in [4.69, 9.17) is 22.9 Å². The van der Waals surface area contributed by atoms with E-state index in [0.29, 0.717) is 25.9 Å². The molecule has 0 rings (SSSR count). The van der Waals surface area contributed by atoms with Gasteiger partial charge in [0.2, 0.25) is 5.91 Å². The second-order valence-corrected chi connectivity index (χ2v) is 5.29. The molecule has 22 heavy (non-hydrogen) atoms. The Morgan fingerprint density at radius 1 is 0.909 bits per heavy atom. The first-order valence-corrected chi connectivity index (χ1v) is 7.93. The van der Waals surface area contributed by atoms with Crippen LogP contribution in [0.2, 0.25) is 0 Å². The summed E-state index contributed by atoms with van der Waals surface area (Å²) >= 11 is 0. The third-order valence-electron chi connectivity index (χ3n) is 3.27. The van der Waals surface area contributed by atoms with E-state index in [-0.39, 0.29) is 24.9 Å². The smallest absolute Gasteiger partial charge is 0.258 e. The molecule has 0 saturated heterocycles. The van der Waals surface area contributed by atoms with E-state index in [1.165, 1.54) is 0 Å². The molecule has 0 fully saturated rings. The number of carbonyl (C=O) groups is 2. The summed E-state index contributed by atoms with van der Waals surface area (Å²) in [5.74, 6) is -0.564. The SMILES string of the molecule is NCCCCC(N)C(=O)[N]CCNC(=O)C(N)CCCCN. The van der Waals surface area contributed by atoms with Crippen LogP contribution in [-0.2, 0) is 9.59 Å². The quantitative estimate of drug-likeness (QED) is 0.250. The van der Waals surface area contributed by atoms with Crippen LogP contribution in [0.4, 0.5) is 0 Å². The molecule has 2 atom stereocenters. The lowest BCUT2D eigenvalue weighted by atomic mass is 10.1. The molecular formula is C14H31N6O2. The number of unbranched alkanes of at least 4 members (excludes halogenated alkanes) is 2. The molecule has 0 bridgehead atoms. The molecule has 0 heterocycles. The van der Waals surface area contributed by atoms with Crippen LogP contribution in [-0.4, -0.2) is 50.1 Å². The number of nitrogens with two attached hydrogens (primary N) is 4. The van der Waals surface area contributed by atoms with E-state index in [2.05, 4.69) is 10.6 Å². The molecule has 9 N–H and O–H groups in total. The van der Waals surface area contributed by atoms with Crippen molar-refractivity contribution in [3.05, 3.63) is 0 Å². The van der Waals surface area contributed by atoms with Gasteiger partial charge in [-0.05, 0) is 38.8 Å². The second-order valence-electron chi connectivity index (χ2n) is 5.29. The van der Waals surface area contributed by atoms with Crippen molar-refractivity contribution in [1.82, 2.24) is 10.6 Å². The Morgan fingerprint density at radius 2 is 1.45 bits per heavy atom. The summed E-state index contributed by atoms with van der Waals surface area (Å²) in [6.07, 6.45) is 4.52. The molecule has 0 saturated carbocycles. The lowest BCUT2D eigenvalue weighted by Gasteiger charge is -2.13. The molecule has 0 aromatic rings. The molecule has 129 valence electrons. The second kappa shape index (κ2) is 13.4. The van der Waals surface area contributed by atoms with Crippen LogP contribution in [0.25, 0.3) is 0 Å². The molecule has 1 radical (unpaired) electrons. The molecule has 0 aliphatic heterocycles. The minimum Gasteiger partial charge on any atom is -0.353 e. The molecule has 8 nitrogen and oxygen atoms in total. The van der Waals surface area contributed by atoms with Crippen molar-refractivity contribution >= 4 is 11.8 Å². The van der Waals surface area contributed by atoms with Crippen LogP contribution >= 0.6 is 0 Å². The first kappa shape index (κ1) is 20.8. The van der Waals surface area contributed by atoms with Crippen molar-refractivity contribution in [1.29, 1.82) is 0 Å². The number of hydrogen-bond donors (Lipinski definition) is 5. The van der Waals surface area contributed by atoms with Crippen LogP contribution in [0.3, 0.4) is 0 Å². The molecular weight excluding hydrogens is 284 g/mol. The van der Waals surface area contributed by atoms with Gasteiger partial charge >= 0.3 is 0 Å². The Kier molecular flexibility index (Phi) is 12.7. The Balaban J connectivity index is 3.69. The van der Waals surface area contributed by atoms with Crippen molar-refractivity contribution < 1.29 is 9.59 Å². The van der Waals surface area contributed by atoms with Gasteiger partial charge in [-0.2, -0.15) is 0 Å². The predicted octanol–water partition coefficient (Wildman–Crippen LogP) is -1.85. The van der Waals surface area contributed by atoms with Crippen molar-refractivity contribution in [3.8, 4) is 0 Å². The Morgan fingerprint density at radius 3 is 2.00 bits per heavy atom. The van der Waals surface area contributed by atoms with Gasteiger partial charge in [-0.15, -0.1) is 0 Å². The highest BCUT2D eigenvalue weighted by Crippen LogP contribution is 1.99. The fourth-order valence-corrected chi connectivity index (χ4v) is 1.87. The zero-order chi connectivity index (χ0) is 16.8. The van der Waals surface area contributed by atoms with Gasteiger partial charge in [0.1, 0.15) is 0 Å².